The zero-order valence-electron chi connectivity index (χ0n) is 10.7. The van der Waals surface area contributed by atoms with Crippen LogP contribution in [0.4, 0.5) is 11.4 Å². The van der Waals surface area contributed by atoms with E-state index in [1.54, 1.807) is 4.90 Å². The van der Waals surface area contributed by atoms with Gasteiger partial charge in [-0.3, -0.25) is 0 Å². The van der Waals surface area contributed by atoms with Gasteiger partial charge in [0.2, 0.25) is 0 Å². The van der Waals surface area contributed by atoms with Crippen LogP contribution in [0.15, 0.2) is 29.3 Å². The molecule has 2 rings (SSSR count). The molecule has 1 aromatic rings. The van der Waals surface area contributed by atoms with Crippen LogP contribution in [0.5, 0.6) is 0 Å². The fourth-order valence-electron chi connectivity index (χ4n) is 1.55. The minimum Gasteiger partial charge on any atom is -0.370 e. The molecule has 5 nitrogen and oxygen atoms in total. The molecule has 0 saturated carbocycles. The average molecular weight is 266 g/mol. The van der Waals surface area contributed by atoms with Gasteiger partial charge in [0.1, 0.15) is 0 Å². The number of hydrogen-bond acceptors (Lipinski definition) is 4. The van der Waals surface area contributed by atoms with Crippen molar-refractivity contribution < 1.29 is 4.18 Å². The van der Waals surface area contributed by atoms with E-state index >= 15 is 0 Å². The molecule has 0 bridgehead atoms. The molecule has 0 radical (unpaired) electrons. The van der Waals surface area contributed by atoms with Crippen molar-refractivity contribution in [2.45, 2.75) is 0 Å². The van der Waals surface area contributed by atoms with E-state index in [1.165, 1.54) is 17.7 Å². The fourth-order valence-corrected chi connectivity index (χ4v) is 2.22. The predicted molar refractivity (Wildman–Crippen MR) is 77.2 cm³/mol. The Kier molecular flexibility index (Phi) is 4.33. The molecule has 0 amide bonds. The molecule has 0 aliphatic carbocycles. The van der Waals surface area contributed by atoms with Crippen molar-refractivity contribution in [2.24, 2.45) is 10.7 Å². The number of benzene rings is 1. The molecule has 18 heavy (non-hydrogen) atoms. The molecule has 0 unspecified atom stereocenters. The molecule has 6 heteroatoms. The maximum absolute atomic E-state index is 5.78. The fraction of sp³-hybridized carbons (Fsp3) is 0.417. The zero-order valence-corrected chi connectivity index (χ0v) is 11.5. The Bertz CT molecular complexity index is 413. The lowest BCUT2D eigenvalue weighted by Crippen LogP contribution is -2.30. The molecular formula is C12H18N4OS. The summed E-state index contributed by atoms with van der Waals surface area (Å²) in [4.78, 5) is 8.38. The first-order chi connectivity index (χ1) is 8.66. The van der Waals surface area contributed by atoms with Gasteiger partial charge in [0.25, 0.3) is 0 Å². The van der Waals surface area contributed by atoms with E-state index in [1.807, 2.05) is 26.2 Å². The van der Waals surface area contributed by atoms with Crippen molar-refractivity contribution in [3.8, 4) is 0 Å². The third-order valence-corrected chi connectivity index (χ3v) is 3.40. The molecule has 0 spiro atoms. The highest BCUT2D eigenvalue weighted by Gasteiger charge is 2.11. The third kappa shape index (κ3) is 3.30. The van der Waals surface area contributed by atoms with Gasteiger partial charge in [-0.15, -0.1) is 0 Å². The molecule has 1 fully saturated rings. The molecule has 1 heterocycles. The Labute approximate surface area is 112 Å². The van der Waals surface area contributed by atoms with E-state index < -0.39 is 0 Å². The van der Waals surface area contributed by atoms with Gasteiger partial charge < -0.3 is 19.7 Å². The van der Waals surface area contributed by atoms with E-state index in [0.29, 0.717) is 5.96 Å². The van der Waals surface area contributed by atoms with Gasteiger partial charge in [-0.25, -0.2) is 4.99 Å². The smallest absolute Gasteiger partial charge is 0.195 e. The first-order valence-electron chi connectivity index (χ1n) is 5.78. The Hall–Kier alpha value is -1.40. The Balaban J connectivity index is 2.07. The van der Waals surface area contributed by atoms with Crippen LogP contribution in [0.3, 0.4) is 0 Å². The van der Waals surface area contributed by atoms with E-state index in [-0.39, 0.29) is 0 Å². The topological polar surface area (TPSA) is 54.1 Å². The highest BCUT2D eigenvalue weighted by atomic mass is 32.2. The van der Waals surface area contributed by atoms with E-state index in [2.05, 4.69) is 22.0 Å². The molecule has 0 atom stereocenters. The van der Waals surface area contributed by atoms with Crippen molar-refractivity contribution in [3.63, 3.8) is 0 Å². The van der Waals surface area contributed by atoms with Crippen LogP contribution in [0.1, 0.15) is 0 Å². The van der Waals surface area contributed by atoms with Gasteiger partial charge in [0, 0.05) is 38.4 Å². The lowest BCUT2D eigenvalue weighted by molar-refractivity contribution is 0.367. The van der Waals surface area contributed by atoms with Crippen molar-refractivity contribution in [2.75, 3.05) is 38.0 Å². The molecule has 1 saturated heterocycles. The monoisotopic (exact) mass is 266 g/mol. The molecule has 2 N–H and O–H groups in total. The summed E-state index contributed by atoms with van der Waals surface area (Å²) in [6.07, 6.45) is 0. The highest BCUT2D eigenvalue weighted by Crippen LogP contribution is 2.23. The quantitative estimate of drug-likeness (QED) is 0.501. The number of aliphatic imine (C=N–C) groups is 1. The summed E-state index contributed by atoms with van der Waals surface area (Å²) in [6, 6.07) is 8.08. The van der Waals surface area contributed by atoms with E-state index in [9.17, 15) is 0 Å². The highest BCUT2D eigenvalue weighted by molar-refractivity contribution is 7.94. The number of hydrogen-bond donors (Lipinski definition) is 1. The minimum absolute atomic E-state index is 0.504. The lowest BCUT2D eigenvalue weighted by Gasteiger charge is -2.27. The van der Waals surface area contributed by atoms with Crippen molar-refractivity contribution in [1.29, 1.82) is 0 Å². The van der Waals surface area contributed by atoms with Crippen LogP contribution in [0, 0.1) is 0 Å². The summed E-state index contributed by atoms with van der Waals surface area (Å²) in [5, 5.41) is 0. The first-order valence-corrected chi connectivity index (χ1v) is 6.69. The molecule has 1 aromatic carbocycles. The summed E-state index contributed by atoms with van der Waals surface area (Å²) < 4.78 is 5.26. The first kappa shape index (κ1) is 13.0. The van der Waals surface area contributed by atoms with Crippen LogP contribution >= 0.6 is 12.0 Å². The van der Waals surface area contributed by atoms with Crippen molar-refractivity contribution in [1.82, 2.24) is 4.90 Å². The maximum Gasteiger partial charge on any atom is 0.195 e. The summed E-state index contributed by atoms with van der Waals surface area (Å²) in [6.45, 7) is 1.69. The molecule has 1 aliphatic heterocycles. The lowest BCUT2D eigenvalue weighted by atomic mass is 10.2. The molecule has 0 aromatic heterocycles. The number of nitrogens with two attached hydrogens (primary N) is 1. The average Bonchev–Trinajstić information content (AvgIpc) is 2.40. The zero-order chi connectivity index (χ0) is 13.0. The van der Waals surface area contributed by atoms with Crippen LogP contribution in [-0.4, -0.2) is 44.0 Å². The summed E-state index contributed by atoms with van der Waals surface area (Å²) in [7, 11) is 3.75. The predicted octanol–water partition coefficient (Wildman–Crippen LogP) is 1.64. The largest absolute Gasteiger partial charge is 0.370 e. The summed E-state index contributed by atoms with van der Waals surface area (Å²) in [5.74, 6) is 1.37. The maximum atomic E-state index is 5.78. The minimum atomic E-state index is 0.504. The van der Waals surface area contributed by atoms with Crippen molar-refractivity contribution in [3.05, 3.63) is 24.3 Å². The van der Waals surface area contributed by atoms with Gasteiger partial charge in [-0.2, -0.15) is 0 Å². The standard InChI is InChI=1S/C12H18N4OS/c1-15(2)12(13)14-10-3-5-11(6-4-10)16-7-8-17-18-9-16/h3-6H,7-9H2,1-2H3,(H2,13,14). The van der Waals surface area contributed by atoms with Gasteiger partial charge in [-0.1, -0.05) is 0 Å². The number of nitrogens with zero attached hydrogens (tertiary/aromatic N) is 3. The van der Waals surface area contributed by atoms with Gasteiger partial charge >= 0.3 is 0 Å². The number of anilines is 1. The Morgan fingerprint density at radius 1 is 1.39 bits per heavy atom. The second-order valence-electron chi connectivity index (χ2n) is 4.21. The number of rotatable bonds is 2. The molecule has 98 valence electrons. The second kappa shape index (κ2) is 5.97. The van der Waals surface area contributed by atoms with Gasteiger partial charge in [0.05, 0.1) is 18.2 Å². The molecular weight excluding hydrogens is 248 g/mol. The second-order valence-corrected chi connectivity index (χ2v) is 4.94. The SMILES string of the molecule is CN(C)C(N)=Nc1ccc(N2CCOSC2)cc1. The summed E-state index contributed by atoms with van der Waals surface area (Å²) in [5.41, 5.74) is 7.83. The summed E-state index contributed by atoms with van der Waals surface area (Å²) >= 11 is 1.49. The van der Waals surface area contributed by atoms with E-state index in [4.69, 9.17) is 9.92 Å². The number of guanidine groups is 1. The van der Waals surface area contributed by atoms with Crippen LogP contribution in [0.2, 0.25) is 0 Å². The Morgan fingerprint density at radius 2 is 2.11 bits per heavy atom. The van der Waals surface area contributed by atoms with Crippen LogP contribution in [0.25, 0.3) is 0 Å². The van der Waals surface area contributed by atoms with Gasteiger partial charge in [-0.05, 0) is 24.3 Å². The van der Waals surface area contributed by atoms with Crippen molar-refractivity contribution >= 4 is 29.4 Å². The van der Waals surface area contributed by atoms with Gasteiger partial charge in [0.15, 0.2) is 5.96 Å². The van der Waals surface area contributed by atoms with Crippen LogP contribution in [-0.2, 0) is 4.18 Å². The Morgan fingerprint density at radius 3 is 2.67 bits per heavy atom. The van der Waals surface area contributed by atoms with E-state index in [0.717, 1.165) is 24.7 Å². The molecule has 1 aliphatic rings. The third-order valence-electron chi connectivity index (χ3n) is 2.65. The normalized spacial score (nSPS) is 16.8. The van der Waals surface area contributed by atoms with Crippen LogP contribution < -0.4 is 10.6 Å².